The number of pyridine rings is 1. The van der Waals surface area contributed by atoms with Crippen LogP contribution < -0.4 is 4.90 Å². The Morgan fingerprint density at radius 1 is 1.17 bits per heavy atom. The maximum atomic E-state index is 14.4. The molecule has 0 saturated carbocycles. The number of hydrogen-bond acceptors (Lipinski definition) is 2. The molecule has 0 unspecified atom stereocenters. The second-order valence-corrected chi connectivity index (χ2v) is 7.27. The summed E-state index contributed by atoms with van der Waals surface area (Å²) in [5.74, 6) is -1.52. The molecule has 1 saturated heterocycles. The van der Waals surface area contributed by atoms with Crippen molar-refractivity contribution in [2.45, 2.75) is 19.5 Å². The van der Waals surface area contributed by atoms with Crippen LogP contribution in [0.5, 0.6) is 0 Å². The lowest BCUT2D eigenvalue weighted by molar-refractivity contribution is -0.138. The highest BCUT2D eigenvalue weighted by Gasteiger charge is 2.33. The minimum Gasteiger partial charge on any atom is -0.359 e. The SMILES string of the molecule is C=C1CCN(c2ncc(C(F)(F)F)cc2F)C/C1=C(/C)c1ccc(F)c2[nH]ccc12. The molecule has 30 heavy (non-hydrogen) atoms. The van der Waals surface area contributed by atoms with E-state index in [0.717, 1.165) is 22.3 Å². The van der Waals surface area contributed by atoms with Gasteiger partial charge in [-0.25, -0.2) is 13.8 Å². The highest BCUT2D eigenvalue weighted by molar-refractivity contribution is 5.93. The first kappa shape index (κ1) is 20.1. The fourth-order valence-electron chi connectivity index (χ4n) is 3.80. The van der Waals surface area contributed by atoms with Crippen LogP contribution in [0.2, 0.25) is 0 Å². The van der Waals surface area contributed by atoms with Gasteiger partial charge in [-0.2, -0.15) is 13.2 Å². The molecule has 3 aromatic rings. The first-order valence-electron chi connectivity index (χ1n) is 9.28. The van der Waals surface area contributed by atoms with E-state index in [1.165, 1.54) is 6.07 Å². The number of anilines is 1. The van der Waals surface area contributed by atoms with Crippen LogP contribution in [0.25, 0.3) is 16.5 Å². The topological polar surface area (TPSA) is 31.9 Å². The average Bonchev–Trinajstić information content (AvgIpc) is 3.18. The van der Waals surface area contributed by atoms with Gasteiger partial charge in [0.2, 0.25) is 0 Å². The number of rotatable bonds is 2. The summed E-state index contributed by atoms with van der Waals surface area (Å²) >= 11 is 0. The zero-order valence-electron chi connectivity index (χ0n) is 16.1. The van der Waals surface area contributed by atoms with Crippen LogP contribution in [-0.2, 0) is 6.18 Å². The number of alkyl halides is 3. The van der Waals surface area contributed by atoms with Crippen LogP contribution in [0.4, 0.5) is 27.8 Å². The normalized spacial score (nSPS) is 17.0. The van der Waals surface area contributed by atoms with Gasteiger partial charge in [0.05, 0.1) is 11.1 Å². The van der Waals surface area contributed by atoms with Crippen molar-refractivity contribution in [3.8, 4) is 0 Å². The summed E-state index contributed by atoms with van der Waals surface area (Å²) in [6.07, 6.45) is -1.86. The first-order chi connectivity index (χ1) is 14.2. The van der Waals surface area contributed by atoms with Crippen LogP contribution in [0, 0.1) is 11.6 Å². The van der Waals surface area contributed by atoms with E-state index >= 15 is 0 Å². The van der Waals surface area contributed by atoms with Crippen LogP contribution in [0.1, 0.15) is 24.5 Å². The number of hydrogen-bond donors (Lipinski definition) is 1. The number of nitrogens with one attached hydrogen (secondary N) is 1. The van der Waals surface area contributed by atoms with Crippen molar-refractivity contribution in [3.63, 3.8) is 0 Å². The molecule has 156 valence electrons. The van der Waals surface area contributed by atoms with Crippen molar-refractivity contribution >= 4 is 22.3 Å². The molecular formula is C22H18F5N3. The molecule has 4 rings (SSSR count). The first-order valence-corrected chi connectivity index (χ1v) is 9.28. The second-order valence-electron chi connectivity index (χ2n) is 7.27. The molecule has 1 fully saturated rings. The lowest BCUT2D eigenvalue weighted by atomic mass is 9.90. The molecule has 3 heterocycles. The third kappa shape index (κ3) is 3.46. The number of halogens is 5. The van der Waals surface area contributed by atoms with Crippen molar-refractivity contribution in [1.82, 2.24) is 9.97 Å². The van der Waals surface area contributed by atoms with Gasteiger partial charge in [0, 0.05) is 30.9 Å². The van der Waals surface area contributed by atoms with Gasteiger partial charge < -0.3 is 9.88 Å². The number of fused-ring (bicyclic) bond motifs is 1. The van der Waals surface area contributed by atoms with Crippen LogP contribution in [-0.4, -0.2) is 23.1 Å². The highest BCUT2D eigenvalue weighted by atomic mass is 19.4. The molecule has 8 heteroatoms. The summed E-state index contributed by atoms with van der Waals surface area (Å²) in [4.78, 5) is 8.21. The average molecular weight is 419 g/mol. The summed E-state index contributed by atoms with van der Waals surface area (Å²) in [6.45, 7) is 6.59. The second kappa shape index (κ2) is 7.27. The molecule has 0 aliphatic carbocycles. The van der Waals surface area contributed by atoms with E-state index in [4.69, 9.17) is 0 Å². The van der Waals surface area contributed by atoms with Crippen molar-refractivity contribution in [3.05, 3.63) is 77.1 Å². The van der Waals surface area contributed by atoms with Crippen molar-refractivity contribution in [2.24, 2.45) is 0 Å². The molecule has 1 aromatic carbocycles. The Kier molecular flexibility index (Phi) is 4.88. The monoisotopic (exact) mass is 419 g/mol. The molecule has 2 aromatic heterocycles. The van der Waals surface area contributed by atoms with Crippen molar-refractivity contribution < 1.29 is 22.0 Å². The van der Waals surface area contributed by atoms with Crippen molar-refractivity contribution in [2.75, 3.05) is 18.0 Å². The number of nitrogens with zero attached hydrogens (tertiary/aromatic N) is 2. The maximum Gasteiger partial charge on any atom is 0.417 e. The zero-order chi connectivity index (χ0) is 21.6. The lowest BCUT2D eigenvalue weighted by Gasteiger charge is -2.32. The molecule has 0 bridgehead atoms. The molecule has 0 radical (unpaired) electrons. The van der Waals surface area contributed by atoms with E-state index in [0.29, 0.717) is 36.1 Å². The van der Waals surface area contributed by atoms with E-state index in [1.807, 2.05) is 6.92 Å². The van der Waals surface area contributed by atoms with E-state index < -0.39 is 17.6 Å². The fraction of sp³-hybridized carbons (Fsp3) is 0.227. The minimum absolute atomic E-state index is 0.133. The number of aromatic amines is 1. The Morgan fingerprint density at radius 3 is 2.63 bits per heavy atom. The maximum absolute atomic E-state index is 14.4. The predicted molar refractivity (Wildman–Crippen MR) is 106 cm³/mol. The summed E-state index contributed by atoms with van der Waals surface area (Å²) in [5, 5.41) is 0.712. The molecule has 1 aliphatic heterocycles. The molecule has 1 aliphatic rings. The van der Waals surface area contributed by atoms with Crippen LogP contribution in [0.15, 0.2) is 54.4 Å². The largest absolute Gasteiger partial charge is 0.417 e. The summed E-state index contributed by atoms with van der Waals surface area (Å²) in [6, 6.07) is 5.29. The smallest absolute Gasteiger partial charge is 0.359 e. The summed E-state index contributed by atoms with van der Waals surface area (Å²) < 4.78 is 66.9. The van der Waals surface area contributed by atoms with Gasteiger partial charge in [-0.15, -0.1) is 0 Å². The fourth-order valence-corrected chi connectivity index (χ4v) is 3.80. The van der Waals surface area contributed by atoms with Gasteiger partial charge in [-0.05, 0) is 53.8 Å². The Morgan fingerprint density at radius 2 is 1.93 bits per heavy atom. The minimum atomic E-state index is -4.66. The van der Waals surface area contributed by atoms with Gasteiger partial charge in [0.1, 0.15) is 5.82 Å². The molecule has 1 N–H and O–H groups in total. The molecular weight excluding hydrogens is 401 g/mol. The summed E-state index contributed by atoms with van der Waals surface area (Å²) in [7, 11) is 0. The number of benzene rings is 1. The quantitative estimate of drug-likeness (QED) is 0.509. The predicted octanol–water partition coefficient (Wildman–Crippen LogP) is 6.10. The highest BCUT2D eigenvalue weighted by Crippen LogP contribution is 2.36. The van der Waals surface area contributed by atoms with Crippen LogP contribution >= 0.6 is 0 Å². The van der Waals surface area contributed by atoms with E-state index in [1.54, 1.807) is 23.2 Å². The Labute approximate surface area is 169 Å². The lowest BCUT2D eigenvalue weighted by Crippen LogP contribution is -2.34. The number of H-pyrrole nitrogens is 1. The van der Waals surface area contributed by atoms with Crippen LogP contribution in [0.3, 0.4) is 0 Å². The summed E-state index contributed by atoms with van der Waals surface area (Å²) in [5.41, 5.74) is 2.60. The van der Waals surface area contributed by atoms with Gasteiger partial charge in [-0.3, -0.25) is 0 Å². The number of allylic oxidation sites excluding steroid dienone is 1. The van der Waals surface area contributed by atoms with E-state index in [9.17, 15) is 22.0 Å². The standard InChI is InChI=1S/C22H18F5N3/c1-12-6-8-30(21-19(24)9-14(10-29-21)22(25,26)27)11-17(12)13(2)15-3-4-18(23)20-16(15)5-7-28-20/h3-5,7,9-10,28H,1,6,8,11H2,2H3/b17-13+. The molecule has 0 amide bonds. The van der Waals surface area contributed by atoms with Crippen molar-refractivity contribution in [1.29, 1.82) is 0 Å². The van der Waals surface area contributed by atoms with Gasteiger partial charge >= 0.3 is 6.18 Å². The van der Waals surface area contributed by atoms with E-state index in [2.05, 4.69) is 16.5 Å². The van der Waals surface area contributed by atoms with E-state index in [-0.39, 0.29) is 18.2 Å². The number of aromatic nitrogens is 2. The third-order valence-corrected chi connectivity index (χ3v) is 5.44. The third-order valence-electron chi connectivity index (χ3n) is 5.44. The number of piperidine rings is 1. The Balaban J connectivity index is 1.72. The van der Waals surface area contributed by atoms with Gasteiger partial charge in [0.25, 0.3) is 0 Å². The molecule has 0 spiro atoms. The Bertz CT molecular complexity index is 1170. The molecule has 0 atom stereocenters. The molecule has 3 nitrogen and oxygen atoms in total. The van der Waals surface area contributed by atoms with Gasteiger partial charge in [0.15, 0.2) is 11.6 Å². The Hall–Kier alpha value is -3.16. The zero-order valence-corrected chi connectivity index (χ0v) is 16.1. The van der Waals surface area contributed by atoms with Gasteiger partial charge in [-0.1, -0.05) is 12.6 Å².